The van der Waals surface area contributed by atoms with Gasteiger partial charge in [-0.05, 0) is 42.6 Å². The van der Waals surface area contributed by atoms with Crippen molar-refractivity contribution >= 4 is 16.7 Å². The average Bonchev–Trinajstić information content (AvgIpc) is 2.66. The van der Waals surface area contributed by atoms with Crippen molar-refractivity contribution in [3.63, 3.8) is 0 Å². The quantitative estimate of drug-likeness (QED) is 0.340. The second kappa shape index (κ2) is 7.95. The molecule has 0 amide bonds. The molecule has 138 valence electrons. The number of allylic oxidation sites excluding steroid dienone is 1. The number of hydrogen-bond donors (Lipinski definition) is 0. The average molecular weight is 372 g/mol. The van der Waals surface area contributed by atoms with E-state index in [0.717, 1.165) is 12.1 Å². The van der Waals surface area contributed by atoms with Crippen LogP contribution >= 0.6 is 0 Å². The molecule has 0 spiro atoms. The van der Waals surface area contributed by atoms with Gasteiger partial charge in [0.05, 0.1) is 5.56 Å². The Morgan fingerprint density at radius 3 is 2.56 bits per heavy atom. The summed E-state index contributed by atoms with van der Waals surface area (Å²) in [6, 6.07) is 10.1. The maximum atomic E-state index is 14.1. The number of carbonyl (C=O) groups excluding carboxylic acids is 1. The summed E-state index contributed by atoms with van der Waals surface area (Å²) in [6.45, 7) is 2.13. The molecule has 0 aliphatic rings. The lowest BCUT2D eigenvalue weighted by molar-refractivity contribution is 0.0727. The van der Waals surface area contributed by atoms with E-state index in [1.807, 2.05) is 6.92 Å². The number of fused-ring (bicyclic) bond motifs is 1. The monoisotopic (exact) mass is 372 g/mol. The Kier molecular flexibility index (Phi) is 5.45. The minimum absolute atomic E-state index is 0.0420. The molecule has 3 aromatic rings. The van der Waals surface area contributed by atoms with Gasteiger partial charge in [-0.3, -0.25) is 0 Å². The molecule has 0 atom stereocenters. The van der Waals surface area contributed by atoms with Crippen LogP contribution in [0.4, 0.5) is 13.2 Å². The van der Waals surface area contributed by atoms with Crippen LogP contribution in [0.1, 0.15) is 17.3 Å². The smallest absolute Gasteiger partial charge is 0.343 e. The number of hydrogen-bond acceptors (Lipinski definition) is 3. The highest BCUT2D eigenvalue weighted by Crippen LogP contribution is 2.25. The van der Waals surface area contributed by atoms with E-state index in [1.54, 1.807) is 12.2 Å². The molecule has 0 aliphatic heterocycles. The van der Waals surface area contributed by atoms with E-state index in [-0.39, 0.29) is 16.7 Å². The number of ether oxygens (including phenoxy) is 2. The third-order valence-electron chi connectivity index (χ3n) is 3.83. The second-order valence-electron chi connectivity index (χ2n) is 5.66. The molecule has 0 unspecified atom stereocenters. The molecule has 0 radical (unpaired) electrons. The van der Waals surface area contributed by atoms with Crippen LogP contribution in [0, 0.1) is 17.5 Å². The van der Waals surface area contributed by atoms with Gasteiger partial charge in [0.2, 0.25) is 0 Å². The van der Waals surface area contributed by atoms with Crippen LogP contribution in [0.2, 0.25) is 0 Å². The molecule has 3 nitrogen and oxygen atoms in total. The molecule has 0 heterocycles. The molecule has 0 aliphatic carbocycles. The molecule has 0 N–H and O–H groups in total. The van der Waals surface area contributed by atoms with Crippen molar-refractivity contribution in [3.8, 4) is 11.5 Å². The number of halogens is 3. The molecule has 0 bridgehead atoms. The fraction of sp³-hybridized carbons (Fsp3) is 0.0952. The van der Waals surface area contributed by atoms with E-state index in [0.29, 0.717) is 17.7 Å². The first-order valence-corrected chi connectivity index (χ1v) is 8.13. The standard InChI is InChI=1S/C21H15F3O3/c1-2-3-10-26-15-6-9-19(18(23)12-15)27-21(25)14-4-7-16-13(11-14)5-8-17(22)20(16)24/h2-9,11-12H,10H2,1H3. The van der Waals surface area contributed by atoms with E-state index in [4.69, 9.17) is 9.47 Å². The maximum absolute atomic E-state index is 14.1. The predicted octanol–water partition coefficient (Wildman–Crippen LogP) is 5.43. The fourth-order valence-electron chi connectivity index (χ4n) is 2.45. The lowest BCUT2D eigenvalue weighted by Crippen LogP contribution is -2.09. The second-order valence-corrected chi connectivity index (χ2v) is 5.66. The zero-order valence-corrected chi connectivity index (χ0v) is 14.3. The van der Waals surface area contributed by atoms with Gasteiger partial charge in [-0.25, -0.2) is 18.0 Å². The lowest BCUT2D eigenvalue weighted by Gasteiger charge is -2.09. The first-order chi connectivity index (χ1) is 13.0. The Balaban J connectivity index is 1.79. The maximum Gasteiger partial charge on any atom is 0.343 e. The minimum Gasteiger partial charge on any atom is -0.489 e. The number of carbonyl (C=O) groups is 1. The van der Waals surface area contributed by atoms with Crippen molar-refractivity contribution < 1.29 is 27.4 Å². The Hall–Kier alpha value is -3.28. The van der Waals surface area contributed by atoms with Crippen LogP contribution in [-0.4, -0.2) is 12.6 Å². The summed E-state index contributed by atoms with van der Waals surface area (Å²) in [5.74, 6) is -3.50. The summed E-state index contributed by atoms with van der Waals surface area (Å²) >= 11 is 0. The Labute approximate surface area is 153 Å². The van der Waals surface area contributed by atoms with Gasteiger partial charge in [-0.1, -0.05) is 24.3 Å². The van der Waals surface area contributed by atoms with Crippen LogP contribution in [-0.2, 0) is 0 Å². The predicted molar refractivity (Wildman–Crippen MR) is 95.5 cm³/mol. The van der Waals surface area contributed by atoms with Crippen LogP contribution in [0.5, 0.6) is 11.5 Å². The van der Waals surface area contributed by atoms with Gasteiger partial charge in [0, 0.05) is 11.5 Å². The Bertz CT molecular complexity index is 1030. The summed E-state index contributed by atoms with van der Waals surface area (Å²) in [4.78, 5) is 12.3. The molecule has 27 heavy (non-hydrogen) atoms. The Morgan fingerprint density at radius 2 is 1.81 bits per heavy atom. The Morgan fingerprint density at radius 1 is 1.00 bits per heavy atom. The summed E-state index contributed by atoms with van der Waals surface area (Å²) in [6.07, 6.45) is 3.57. The zero-order valence-electron chi connectivity index (χ0n) is 14.3. The molecule has 6 heteroatoms. The lowest BCUT2D eigenvalue weighted by atomic mass is 10.1. The topological polar surface area (TPSA) is 35.5 Å². The van der Waals surface area contributed by atoms with Gasteiger partial charge >= 0.3 is 5.97 Å². The van der Waals surface area contributed by atoms with Crippen LogP contribution < -0.4 is 9.47 Å². The summed E-state index contributed by atoms with van der Waals surface area (Å²) in [7, 11) is 0. The van der Waals surface area contributed by atoms with Gasteiger partial charge in [0.25, 0.3) is 0 Å². The van der Waals surface area contributed by atoms with Crippen molar-refractivity contribution in [3.05, 3.63) is 83.7 Å². The fourth-order valence-corrected chi connectivity index (χ4v) is 2.45. The highest BCUT2D eigenvalue weighted by atomic mass is 19.2. The molecule has 3 rings (SSSR count). The van der Waals surface area contributed by atoms with E-state index < -0.39 is 23.4 Å². The van der Waals surface area contributed by atoms with Gasteiger partial charge in [0.1, 0.15) is 12.4 Å². The van der Waals surface area contributed by atoms with Crippen LogP contribution in [0.25, 0.3) is 10.8 Å². The van der Waals surface area contributed by atoms with E-state index in [2.05, 4.69) is 0 Å². The number of benzene rings is 3. The van der Waals surface area contributed by atoms with Gasteiger partial charge in [-0.2, -0.15) is 0 Å². The molecule has 0 saturated carbocycles. The summed E-state index contributed by atoms with van der Waals surface area (Å²) < 4.78 is 51.5. The van der Waals surface area contributed by atoms with Crippen LogP contribution in [0.15, 0.2) is 60.7 Å². The van der Waals surface area contributed by atoms with Crippen LogP contribution in [0.3, 0.4) is 0 Å². The van der Waals surface area contributed by atoms with Gasteiger partial charge < -0.3 is 9.47 Å². The first kappa shape index (κ1) is 18.5. The molecule has 3 aromatic carbocycles. The third-order valence-corrected chi connectivity index (χ3v) is 3.83. The van der Waals surface area contributed by atoms with Crippen molar-refractivity contribution in [1.82, 2.24) is 0 Å². The van der Waals surface area contributed by atoms with Crippen molar-refractivity contribution in [2.24, 2.45) is 0 Å². The van der Waals surface area contributed by atoms with E-state index in [9.17, 15) is 18.0 Å². The van der Waals surface area contributed by atoms with Crippen molar-refractivity contribution in [2.45, 2.75) is 6.92 Å². The first-order valence-electron chi connectivity index (χ1n) is 8.13. The SMILES string of the molecule is CC=CCOc1ccc(OC(=O)c2ccc3c(F)c(F)ccc3c2)c(F)c1. The summed E-state index contributed by atoms with van der Waals surface area (Å²) in [5, 5.41) is 0.372. The molecule has 0 fully saturated rings. The minimum atomic E-state index is -0.994. The van der Waals surface area contributed by atoms with E-state index >= 15 is 0 Å². The molecule has 0 aromatic heterocycles. The number of esters is 1. The third kappa shape index (κ3) is 4.11. The number of rotatable bonds is 5. The van der Waals surface area contributed by atoms with Crippen molar-refractivity contribution in [1.29, 1.82) is 0 Å². The van der Waals surface area contributed by atoms with Crippen molar-refractivity contribution in [2.75, 3.05) is 6.61 Å². The normalized spacial score (nSPS) is 11.1. The molecular formula is C21H15F3O3. The largest absolute Gasteiger partial charge is 0.489 e. The highest BCUT2D eigenvalue weighted by molar-refractivity contribution is 5.96. The zero-order chi connectivity index (χ0) is 19.4. The molecule has 0 saturated heterocycles. The van der Waals surface area contributed by atoms with Gasteiger partial charge in [0.15, 0.2) is 23.2 Å². The highest BCUT2D eigenvalue weighted by Gasteiger charge is 2.15. The van der Waals surface area contributed by atoms with Gasteiger partial charge in [-0.15, -0.1) is 0 Å². The summed E-state index contributed by atoms with van der Waals surface area (Å²) in [5.41, 5.74) is 0.0846. The molecular weight excluding hydrogens is 357 g/mol. The van der Waals surface area contributed by atoms with E-state index in [1.165, 1.54) is 36.4 Å².